The van der Waals surface area contributed by atoms with Crippen LogP contribution in [0.2, 0.25) is 0 Å². The normalized spacial score (nSPS) is 18.8. The summed E-state index contributed by atoms with van der Waals surface area (Å²) in [6, 6.07) is 7.00. The lowest BCUT2D eigenvalue weighted by Gasteiger charge is -2.35. The number of nitrogens with one attached hydrogen (secondary N) is 1. The Morgan fingerprint density at radius 3 is 3.08 bits per heavy atom. The van der Waals surface area contributed by atoms with Crippen LogP contribution in [0.5, 0.6) is 0 Å². The number of aromatic amines is 1. The van der Waals surface area contributed by atoms with Crippen molar-refractivity contribution >= 4 is 0 Å². The number of hydrogen-bond donors (Lipinski definition) is 1. The van der Waals surface area contributed by atoms with Crippen molar-refractivity contribution in [2.45, 2.75) is 32.7 Å². The van der Waals surface area contributed by atoms with Gasteiger partial charge >= 0.3 is 0 Å². The number of nitrogens with zero attached hydrogens (tertiary/aromatic N) is 3. The van der Waals surface area contributed by atoms with Gasteiger partial charge in [-0.15, -0.1) is 0 Å². The van der Waals surface area contributed by atoms with Gasteiger partial charge in [0, 0.05) is 38.1 Å². The summed E-state index contributed by atoms with van der Waals surface area (Å²) in [5, 5.41) is 0. The summed E-state index contributed by atoms with van der Waals surface area (Å²) in [5.41, 5.74) is 2.28. The zero-order chi connectivity index (χ0) is 17.5. The molecule has 1 atom stereocenters. The number of halogens is 1. The number of benzene rings is 1. The van der Waals surface area contributed by atoms with Gasteiger partial charge < -0.3 is 9.88 Å². The molecule has 0 spiro atoms. The second kappa shape index (κ2) is 9.11. The number of imidazole rings is 1. The SMILES string of the molecule is CCN(Cc1cnc[nH]1)CC1CCCN(CCc2cccc(F)c2)C1. The Balaban J connectivity index is 1.46. The van der Waals surface area contributed by atoms with Crippen molar-refractivity contribution in [3.63, 3.8) is 0 Å². The van der Waals surface area contributed by atoms with Gasteiger partial charge in [-0.2, -0.15) is 0 Å². The molecule has 2 heterocycles. The highest BCUT2D eigenvalue weighted by Gasteiger charge is 2.21. The second-order valence-electron chi connectivity index (χ2n) is 7.09. The van der Waals surface area contributed by atoms with Gasteiger partial charge in [-0.1, -0.05) is 19.1 Å². The molecule has 1 aromatic carbocycles. The van der Waals surface area contributed by atoms with Gasteiger partial charge in [-0.25, -0.2) is 9.37 Å². The van der Waals surface area contributed by atoms with Gasteiger partial charge in [-0.05, 0) is 56.0 Å². The number of hydrogen-bond acceptors (Lipinski definition) is 3. The Morgan fingerprint density at radius 1 is 1.40 bits per heavy atom. The van der Waals surface area contributed by atoms with E-state index in [0.29, 0.717) is 5.92 Å². The van der Waals surface area contributed by atoms with E-state index < -0.39 is 0 Å². The fourth-order valence-corrected chi connectivity index (χ4v) is 3.77. The fourth-order valence-electron chi connectivity index (χ4n) is 3.77. The molecule has 1 aliphatic heterocycles. The van der Waals surface area contributed by atoms with E-state index in [1.165, 1.54) is 31.1 Å². The van der Waals surface area contributed by atoms with Crippen molar-refractivity contribution in [2.75, 3.05) is 32.7 Å². The van der Waals surface area contributed by atoms with E-state index >= 15 is 0 Å². The summed E-state index contributed by atoms with van der Waals surface area (Å²) in [6.45, 7) is 8.68. The molecule has 5 heteroatoms. The predicted molar refractivity (Wildman–Crippen MR) is 98.8 cm³/mol. The van der Waals surface area contributed by atoms with Crippen LogP contribution in [-0.4, -0.2) is 52.5 Å². The minimum absolute atomic E-state index is 0.133. The molecule has 4 nitrogen and oxygen atoms in total. The molecule has 25 heavy (non-hydrogen) atoms. The molecule has 1 saturated heterocycles. The first kappa shape index (κ1) is 18.1. The van der Waals surface area contributed by atoms with E-state index in [1.54, 1.807) is 18.5 Å². The van der Waals surface area contributed by atoms with Gasteiger partial charge in [0.2, 0.25) is 0 Å². The Kier molecular flexibility index (Phi) is 6.59. The lowest BCUT2D eigenvalue weighted by atomic mass is 9.96. The van der Waals surface area contributed by atoms with Crippen LogP contribution >= 0.6 is 0 Å². The van der Waals surface area contributed by atoms with Crippen LogP contribution in [0.3, 0.4) is 0 Å². The van der Waals surface area contributed by atoms with E-state index in [-0.39, 0.29) is 5.82 Å². The third-order valence-electron chi connectivity index (χ3n) is 5.12. The molecule has 1 aliphatic rings. The third-order valence-corrected chi connectivity index (χ3v) is 5.12. The lowest BCUT2D eigenvalue weighted by molar-refractivity contribution is 0.132. The van der Waals surface area contributed by atoms with Crippen LogP contribution in [0.25, 0.3) is 0 Å². The van der Waals surface area contributed by atoms with Gasteiger partial charge in [-0.3, -0.25) is 4.90 Å². The standard InChI is InChI=1S/C20H29FN4/c1-2-24(15-20-12-22-16-23-20)13-18-6-4-9-25(14-18)10-8-17-5-3-7-19(21)11-17/h3,5,7,11-12,16,18H,2,4,6,8-10,13-15H2,1H3,(H,22,23). The Hall–Kier alpha value is -1.72. The quantitative estimate of drug-likeness (QED) is 0.798. The van der Waals surface area contributed by atoms with Crippen LogP contribution in [0.4, 0.5) is 4.39 Å². The van der Waals surface area contributed by atoms with Crippen molar-refractivity contribution < 1.29 is 4.39 Å². The zero-order valence-electron chi connectivity index (χ0n) is 15.1. The highest BCUT2D eigenvalue weighted by molar-refractivity contribution is 5.16. The maximum atomic E-state index is 13.3. The van der Waals surface area contributed by atoms with Gasteiger partial charge in [0.05, 0.1) is 6.33 Å². The highest BCUT2D eigenvalue weighted by Crippen LogP contribution is 2.19. The van der Waals surface area contributed by atoms with Gasteiger partial charge in [0.15, 0.2) is 0 Å². The number of aromatic nitrogens is 2. The molecule has 0 saturated carbocycles. The maximum absolute atomic E-state index is 13.3. The Labute approximate surface area is 150 Å². The molecular weight excluding hydrogens is 315 g/mol. The molecular formula is C20H29FN4. The smallest absolute Gasteiger partial charge is 0.123 e. The summed E-state index contributed by atoms with van der Waals surface area (Å²) < 4.78 is 13.3. The number of rotatable bonds is 8. The minimum atomic E-state index is -0.133. The van der Waals surface area contributed by atoms with Crippen LogP contribution in [0.1, 0.15) is 31.0 Å². The van der Waals surface area contributed by atoms with Crippen molar-refractivity contribution in [3.05, 3.63) is 53.9 Å². The first-order valence-corrected chi connectivity index (χ1v) is 9.39. The largest absolute Gasteiger partial charge is 0.347 e. The summed E-state index contributed by atoms with van der Waals surface area (Å²) >= 11 is 0. The summed E-state index contributed by atoms with van der Waals surface area (Å²) in [6.07, 6.45) is 7.15. The van der Waals surface area contributed by atoms with Crippen molar-refractivity contribution in [1.29, 1.82) is 0 Å². The van der Waals surface area contributed by atoms with E-state index in [1.807, 2.05) is 12.3 Å². The summed E-state index contributed by atoms with van der Waals surface area (Å²) in [4.78, 5) is 12.3. The average molecular weight is 344 g/mol. The predicted octanol–water partition coefficient (Wildman–Crippen LogP) is 3.33. The molecule has 1 aromatic heterocycles. The zero-order valence-corrected chi connectivity index (χ0v) is 15.1. The third kappa shape index (κ3) is 5.65. The van der Waals surface area contributed by atoms with E-state index in [2.05, 4.69) is 26.7 Å². The second-order valence-corrected chi connectivity index (χ2v) is 7.09. The van der Waals surface area contributed by atoms with Crippen LogP contribution in [-0.2, 0) is 13.0 Å². The molecule has 2 aromatic rings. The maximum Gasteiger partial charge on any atom is 0.123 e. The molecule has 1 N–H and O–H groups in total. The molecule has 1 fully saturated rings. The molecule has 0 aliphatic carbocycles. The van der Waals surface area contributed by atoms with Crippen LogP contribution < -0.4 is 0 Å². The summed E-state index contributed by atoms with van der Waals surface area (Å²) in [5.74, 6) is 0.579. The lowest BCUT2D eigenvalue weighted by Crippen LogP contribution is -2.41. The number of likely N-dealkylation sites (tertiary alicyclic amines) is 1. The average Bonchev–Trinajstić information content (AvgIpc) is 3.13. The Morgan fingerprint density at radius 2 is 2.32 bits per heavy atom. The first-order chi connectivity index (χ1) is 12.2. The number of piperidine rings is 1. The van der Waals surface area contributed by atoms with Crippen molar-refractivity contribution in [3.8, 4) is 0 Å². The summed E-state index contributed by atoms with van der Waals surface area (Å²) in [7, 11) is 0. The molecule has 0 radical (unpaired) electrons. The van der Waals surface area contributed by atoms with Crippen molar-refractivity contribution in [1.82, 2.24) is 19.8 Å². The molecule has 0 amide bonds. The van der Waals surface area contributed by atoms with Crippen LogP contribution in [0, 0.1) is 11.7 Å². The molecule has 0 bridgehead atoms. The monoisotopic (exact) mass is 344 g/mol. The van der Waals surface area contributed by atoms with E-state index in [4.69, 9.17) is 0 Å². The minimum Gasteiger partial charge on any atom is -0.347 e. The Bertz CT molecular complexity index is 628. The van der Waals surface area contributed by atoms with Gasteiger partial charge in [0.1, 0.15) is 5.82 Å². The van der Waals surface area contributed by atoms with Crippen LogP contribution in [0.15, 0.2) is 36.8 Å². The molecule has 3 rings (SSSR count). The highest BCUT2D eigenvalue weighted by atomic mass is 19.1. The number of H-pyrrole nitrogens is 1. The van der Waals surface area contributed by atoms with E-state index in [9.17, 15) is 4.39 Å². The fraction of sp³-hybridized carbons (Fsp3) is 0.550. The topological polar surface area (TPSA) is 35.2 Å². The molecule has 136 valence electrons. The first-order valence-electron chi connectivity index (χ1n) is 9.39. The van der Waals surface area contributed by atoms with Crippen molar-refractivity contribution in [2.24, 2.45) is 5.92 Å². The van der Waals surface area contributed by atoms with E-state index in [0.717, 1.165) is 44.7 Å². The molecule has 1 unspecified atom stereocenters. The van der Waals surface area contributed by atoms with Gasteiger partial charge in [0.25, 0.3) is 0 Å².